The SMILES string of the molecule is O=C(NCCc1cscn1)NCc1ncc(-c2ccccc2)o1. The molecule has 0 bridgehead atoms. The van der Waals surface area contributed by atoms with E-state index in [4.69, 9.17) is 4.42 Å². The van der Waals surface area contributed by atoms with Crippen molar-refractivity contribution in [3.63, 3.8) is 0 Å². The van der Waals surface area contributed by atoms with Gasteiger partial charge in [-0.15, -0.1) is 11.3 Å². The molecule has 118 valence electrons. The Morgan fingerprint density at radius 3 is 2.83 bits per heavy atom. The number of hydrogen-bond acceptors (Lipinski definition) is 5. The summed E-state index contributed by atoms with van der Waals surface area (Å²) in [6.45, 7) is 0.784. The first-order chi connectivity index (χ1) is 11.3. The van der Waals surface area contributed by atoms with Crippen LogP contribution in [0.3, 0.4) is 0 Å². The van der Waals surface area contributed by atoms with Crippen molar-refractivity contribution < 1.29 is 9.21 Å². The minimum absolute atomic E-state index is 0.245. The summed E-state index contributed by atoms with van der Waals surface area (Å²) in [5.41, 5.74) is 3.72. The third-order valence-corrected chi connectivity index (χ3v) is 3.80. The second-order valence-corrected chi connectivity index (χ2v) is 5.54. The van der Waals surface area contributed by atoms with Crippen LogP contribution in [-0.4, -0.2) is 22.5 Å². The Balaban J connectivity index is 1.43. The van der Waals surface area contributed by atoms with Gasteiger partial charge in [-0.1, -0.05) is 30.3 Å². The molecule has 2 amide bonds. The zero-order valence-corrected chi connectivity index (χ0v) is 13.2. The average Bonchev–Trinajstić information content (AvgIpc) is 3.25. The van der Waals surface area contributed by atoms with E-state index in [9.17, 15) is 4.79 Å². The normalized spacial score (nSPS) is 10.4. The van der Waals surface area contributed by atoms with Gasteiger partial charge in [0, 0.05) is 23.9 Å². The van der Waals surface area contributed by atoms with Crippen molar-refractivity contribution in [2.75, 3.05) is 6.54 Å². The van der Waals surface area contributed by atoms with Crippen LogP contribution in [-0.2, 0) is 13.0 Å². The van der Waals surface area contributed by atoms with Crippen LogP contribution in [0.25, 0.3) is 11.3 Å². The zero-order valence-electron chi connectivity index (χ0n) is 12.4. The van der Waals surface area contributed by atoms with Crippen LogP contribution in [0.1, 0.15) is 11.6 Å². The molecular formula is C16H16N4O2S. The fourth-order valence-corrected chi connectivity index (χ4v) is 2.60. The number of nitrogens with one attached hydrogen (secondary N) is 2. The lowest BCUT2D eigenvalue weighted by molar-refractivity contribution is 0.239. The summed E-state index contributed by atoms with van der Waals surface area (Å²) in [7, 11) is 0. The number of aromatic nitrogens is 2. The monoisotopic (exact) mass is 328 g/mol. The number of nitrogens with zero attached hydrogens (tertiary/aromatic N) is 2. The highest BCUT2D eigenvalue weighted by Gasteiger charge is 2.07. The number of thiazole rings is 1. The minimum atomic E-state index is -0.250. The maximum absolute atomic E-state index is 11.7. The van der Waals surface area contributed by atoms with Crippen LogP contribution in [0, 0.1) is 0 Å². The van der Waals surface area contributed by atoms with E-state index in [-0.39, 0.29) is 12.6 Å². The molecule has 0 spiro atoms. The topological polar surface area (TPSA) is 80.0 Å². The van der Waals surface area contributed by atoms with Crippen LogP contribution in [0.2, 0.25) is 0 Å². The summed E-state index contributed by atoms with van der Waals surface area (Å²) in [5, 5.41) is 7.46. The Bertz CT molecular complexity index is 741. The van der Waals surface area contributed by atoms with Gasteiger partial charge in [-0.2, -0.15) is 0 Å². The van der Waals surface area contributed by atoms with Gasteiger partial charge in [0.2, 0.25) is 5.89 Å². The quantitative estimate of drug-likeness (QED) is 0.729. The first kappa shape index (κ1) is 15.2. The van der Waals surface area contributed by atoms with Crippen molar-refractivity contribution >= 4 is 17.4 Å². The van der Waals surface area contributed by atoms with Crippen LogP contribution in [0.5, 0.6) is 0 Å². The molecule has 3 rings (SSSR count). The van der Waals surface area contributed by atoms with Gasteiger partial charge in [0.25, 0.3) is 0 Å². The molecule has 0 aliphatic rings. The van der Waals surface area contributed by atoms with Crippen molar-refractivity contribution in [3.05, 3.63) is 59.0 Å². The van der Waals surface area contributed by atoms with Gasteiger partial charge in [0.1, 0.15) is 0 Å². The molecule has 0 saturated heterocycles. The predicted molar refractivity (Wildman–Crippen MR) is 88.0 cm³/mol. The number of hydrogen-bond donors (Lipinski definition) is 2. The number of rotatable bonds is 6. The van der Waals surface area contributed by atoms with Crippen molar-refractivity contribution in [3.8, 4) is 11.3 Å². The van der Waals surface area contributed by atoms with Gasteiger partial charge < -0.3 is 15.1 Å². The first-order valence-corrected chi connectivity index (χ1v) is 8.14. The Morgan fingerprint density at radius 1 is 1.17 bits per heavy atom. The smallest absolute Gasteiger partial charge is 0.315 e. The van der Waals surface area contributed by atoms with E-state index in [0.29, 0.717) is 24.6 Å². The molecule has 0 unspecified atom stereocenters. The Hall–Kier alpha value is -2.67. The van der Waals surface area contributed by atoms with Gasteiger partial charge >= 0.3 is 6.03 Å². The molecule has 3 aromatic rings. The first-order valence-electron chi connectivity index (χ1n) is 7.20. The van der Waals surface area contributed by atoms with E-state index in [1.54, 1.807) is 23.0 Å². The molecule has 1 aromatic carbocycles. The second kappa shape index (κ2) is 7.55. The number of carbonyl (C=O) groups excluding carboxylic acids is 1. The van der Waals surface area contributed by atoms with Crippen LogP contribution >= 0.6 is 11.3 Å². The lowest BCUT2D eigenvalue weighted by Gasteiger charge is -2.04. The van der Waals surface area contributed by atoms with E-state index < -0.39 is 0 Å². The number of benzene rings is 1. The lowest BCUT2D eigenvalue weighted by atomic mass is 10.2. The molecule has 0 radical (unpaired) electrons. The number of urea groups is 1. The summed E-state index contributed by atoms with van der Waals surface area (Å²) in [4.78, 5) is 20.0. The predicted octanol–water partition coefficient (Wildman–Crippen LogP) is 2.84. The van der Waals surface area contributed by atoms with Gasteiger partial charge in [0.05, 0.1) is 23.9 Å². The summed E-state index contributed by atoms with van der Waals surface area (Å²) in [6, 6.07) is 9.46. The molecule has 6 nitrogen and oxygen atoms in total. The number of oxazole rings is 1. The van der Waals surface area contributed by atoms with Crippen molar-refractivity contribution in [2.45, 2.75) is 13.0 Å². The van der Waals surface area contributed by atoms with Gasteiger partial charge in [-0.05, 0) is 0 Å². The lowest BCUT2D eigenvalue weighted by Crippen LogP contribution is -2.36. The summed E-state index contributed by atoms with van der Waals surface area (Å²) >= 11 is 1.55. The largest absolute Gasteiger partial charge is 0.439 e. The van der Waals surface area contributed by atoms with Gasteiger partial charge in [-0.25, -0.2) is 14.8 Å². The molecule has 0 saturated carbocycles. The maximum Gasteiger partial charge on any atom is 0.315 e. The van der Waals surface area contributed by atoms with E-state index in [1.165, 1.54) is 0 Å². The summed E-state index contributed by atoms with van der Waals surface area (Å²) in [6.07, 6.45) is 2.38. The van der Waals surface area contributed by atoms with Crippen molar-refractivity contribution in [2.24, 2.45) is 0 Å². The molecule has 23 heavy (non-hydrogen) atoms. The molecule has 0 aliphatic heterocycles. The molecule has 7 heteroatoms. The molecule has 0 fully saturated rings. The molecule has 2 N–H and O–H groups in total. The van der Waals surface area contributed by atoms with Crippen molar-refractivity contribution in [1.82, 2.24) is 20.6 Å². The van der Waals surface area contributed by atoms with E-state index in [1.807, 2.05) is 35.7 Å². The van der Waals surface area contributed by atoms with Gasteiger partial charge in [0.15, 0.2) is 5.76 Å². The van der Waals surface area contributed by atoms with Crippen molar-refractivity contribution in [1.29, 1.82) is 0 Å². The number of carbonyl (C=O) groups is 1. The standard InChI is InChI=1S/C16H16N4O2S/c21-16(17-7-6-13-10-23-11-20-13)19-9-15-18-8-14(22-15)12-4-2-1-3-5-12/h1-5,8,10-11H,6-7,9H2,(H2,17,19,21). The Kier molecular flexibility index (Phi) is 5.00. The van der Waals surface area contributed by atoms with Crippen LogP contribution < -0.4 is 10.6 Å². The Labute approximate surface area is 137 Å². The fourth-order valence-electron chi connectivity index (χ4n) is 2.01. The number of amides is 2. The zero-order chi connectivity index (χ0) is 15.9. The van der Waals surface area contributed by atoms with E-state index in [2.05, 4.69) is 20.6 Å². The highest BCUT2D eigenvalue weighted by molar-refractivity contribution is 7.07. The minimum Gasteiger partial charge on any atom is -0.439 e. The highest BCUT2D eigenvalue weighted by Crippen LogP contribution is 2.19. The van der Waals surface area contributed by atoms with Crippen LogP contribution in [0.15, 0.2) is 51.8 Å². The molecule has 2 aromatic heterocycles. The van der Waals surface area contributed by atoms with E-state index >= 15 is 0 Å². The highest BCUT2D eigenvalue weighted by atomic mass is 32.1. The third-order valence-electron chi connectivity index (χ3n) is 3.16. The summed E-state index contributed by atoms with van der Waals surface area (Å²) < 4.78 is 5.62. The second-order valence-electron chi connectivity index (χ2n) is 4.82. The van der Waals surface area contributed by atoms with E-state index in [0.717, 1.165) is 11.3 Å². The van der Waals surface area contributed by atoms with Crippen LogP contribution in [0.4, 0.5) is 4.79 Å². The molecule has 0 aliphatic carbocycles. The maximum atomic E-state index is 11.7. The third kappa shape index (κ3) is 4.40. The van der Waals surface area contributed by atoms with Gasteiger partial charge in [-0.3, -0.25) is 0 Å². The Morgan fingerprint density at radius 2 is 2.04 bits per heavy atom. The molecule has 0 atom stereocenters. The fraction of sp³-hybridized carbons (Fsp3) is 0.188. The molecule has 2 heterocycles. The average molecular weight is 328 g/mol. The molecular weight excluding hydrogens is 312 g/mol. The summed E-state index contributed by atoms with van der Waals surface area (Å²) in [5.74, 6) is 1.16.